The molecule has 0 aliphatic rings. The highest BCUT2D eigenvalue weighted by Crippen LogP contribution is 2.20. The maximum absolute atomic E-state index is 5.74. The van der Waals surface area contributed by atoms with Crippen LogP contribution in [0, 0.1) is 24.7 Å². The van der Waals surface area contributed by atoms with E-state index in [1.54, 1.807) is 0 Å². The van der Waals surface area contributed by atoms with E-state index < -0.39 is 0 Å². The molecule has 1 nitrogen and oxygen atoms in total. The Morgan fingerprint density at radius 2 is 1.74 bits per heavy atom. The molecule has 0 N–H and O–H groups in total. The summed E-state index contributed by atoms with van der Waals surface area (Å²) in [6, 6.07) is 5.52. The molecular formula is C18H22O. The van der Waals surface area contributed by atoms with Gasteiger partial charge in [0.25, 0.3) is 0 Å². The molecule has 0 unspecified atom stereocenters. The second-order valence-corrected chi connectivity index (χ2v) is 4.62. The maximum Gasteiger partial charge on any atom is 0.136 e. The molecule has 0 radical (unpaired) electrons. The predicted octanol–water partition coefficient (Wildman–Crippen LogP) is 4.39. The molecule has 0 aliphatic heterocycles. The maximum atomic E-state index is 5.74. The zero-order valence-corrected chi connectivity index (χ0v) is 11.7. The molecule has 1 heteroatoms. The van der Waals surface area contributed by atoms with Crippen molar-refractivity contribution in [1.29, 1.82) is 0 Å². The van der Waals surface area contributed by atoms with Crippen molar-refractivity contribution < 1.29 is 4.74 Å². The van der Waals surface area contributed by atoms with Gasteiger partial charge in [-0.05, 0) is 24.6 Å². The first kappa shape index (κ1) is 15.2. The van der Waals surface area contributed by atoms with Crippen molar-refractivity contribution in [2.45, 2.75) is 45.4 Å². The highest BCUT2D eigenvalue weighted by Gasteiger charge is 2.02. The van der Waals surface area contributed by atoms with E-state index in [9.17, 15) is 0 Å². The van der Waals surface area contributed by atoms with Crippen LogP contribution in [0.2, 0.25) is 0 Å². The van der Waals surface area contributed by atoms with Gasteiger partial charge < -0.3 is 4.74 Å². The molecule has 1 aromatic carbocycles. The van der Waals surface area contributed by atoms with Crippen molar-refractivity contribution in [3.8, 4) is 30.4 Å². The standard InChI is InChI=1S/C18H22O/c1-4-7-8-9-10-11-14-19-18-15-16(5-2)12-13-17(18)6-3/h2-3,12-13,15H,4,7-11,14H2,1H3. The second-order valence-electron chi connectivity index (χ2n) is 4.62. The number of benzene rings is 1. The average Bonchev–Trinajstić information content (AvgIpc) is 2.46. The van der Waals surface area contributed by atoms with E-state index in [4.69, 9.17) is 17.6 Å². The van der Waals surface area contributed by atoms with Crippen molar-refractivity contribution in [2.24, 2.45) is 0 Å². The number of terminal acetylenes is 2. The lowest BCUT2D eigenvalue weighted by Crippen LogP contribution is -1.99. The van der Waals surface area contributed by atoms with Crippen LogP contribution >= 0.6 is 0 Å². The van der Waals surface area contributed by atoms with Gasteiger partial charge in [0.2, 0.25) is 0 Å². The molecule has 0 saturated heterocycles. The van der Waals surface area contributed by atoms with Gasteiger partial charge >= 0.3 is 0 Å². The predicted molar refractivity (Wildman–Crippen MR) is 81.2 cm³/mol. The summed E-state index contributed by atoms with van der Waals surface area (Å²) in [6.45, 7) is 2.93. The molecule has 0 atom stereocenters. The molecule has 0 fully saturated rings. The molecule has 0 bridgehead atoms. The van der Waals surface area contributed by atoms with Crippen LogP contribution < -0.4 is 4.74 Å². The van der Waals surface area contributed by atoms with Crippen molar-refractivity contribution >= 4 is 0 Å². The summed E-state index contributed by atoms with van der Waals surface area (Å²) in [5.41, 5.74) is 1.57. The van der Waals surface area contributed by atoms with Gasteiger partial charge in [0, 0.05) is 5.56 Å². The third kappa shape index (κ3) is 5.54. The number of unbranched alkanes of at least 4 members (excludes halogenated alkanes) is 5. The summed E-state index contributed by atoms with van der Waals surface area (Å²) in [6.07, 6.45) is 18.3. The molecule has 0 heterocycles. The van der Waals surface area contributed by atoms with Gasteiger partial charge in [-0.15, -0.1) is 12.8 Å². The van der Waals surface area contributed by atoms with Gasteiger partial charge in [0.05, 0.1) is 12.2 Å². The fourth-order valence-corrected chi connectivity index (χ4v) is 1.92. The Bertz CT molecular complexity index is 460. The van der Waals surface area contributed by atoms with Crippen LogP contribution in [0.25, 0.3) is 0 Å². The molecular weight excluding hydrogens is 232 g/mol. The molecule has 0 amide bonds. The molecule has 1 rings (SSSR count). The van der Waals surface area contributed by atoms with Crippen LogP contribution in [0.15, 0.2) is 18.2 Å². The summed E-state index contributed by atoms with van der Waals surface area (Å²) in [4.78, 5) is 0. The monoisotopic (exact) mass is 254 g/mol. The largest absolute Gasteiger partial charge is 0.492 e. The van der Waals surface area contributed by atoms with Crippen LogP contribution in [0.5, 0.6) is 5.75 Å². The Labute approximate surface area is 117 Å². The highest BCUT2D eigenvalue weighted by atomic mass is 16.5. The number of ether oxygens (including phenoxy) is 1. The van der Waals surface area contributed by atoms with Crippen LogP contribution in [0.3, 0.4) is 0 Å². The molecule has 0 spiro atoms. The average molecular weight is 254 g/mol. The summed E-state index contributed by atoms with van der Waals surface area (Å²) in [5.74, 6) is 5.95. The summed E-state index contributed by atoms with van der Waals surface area (Å²) >= 11 is 0. The topological polar surface area (TPSA) is 9.23 Å². The van der Waals surface area contributed by atoms with Crippen molar-refractivity contribution in [2.75, 3.05) is 6.61 Å². The minimum absolute atomic E-state index is 0.703. The lowest BCUT2D eigenvalue weighted by molar-refractivity contribution is 0.303. The van der Waals surface area contributed by atoms with Gasteiger partial charge in [0.15, 0.2) is 0 Å². The van der Waals surface area contributed by atoms with Crippen LogP contribution in [0.1, 0.15) is 56.6 Å². The fraction of sp³-hybridized carbons (Fsp3) is 0.444. The van der Waals surface area contributed by atoms with E-state index in [0.29, 0.717) is 6.61 Å². The summed E-state index contributed by atoms with van der Waals surface area (Å²) < 4.78 is 5.74. The lowest BCUT2D eigenvalue weighted by Gasteiger charge is -2.09. The van der Waals surface area contributed by atoms with Crippen molar-refractivity contribution in [3.05, 3.63) is 29.3 Å². The van der Waals surface area contributed by atoms with Crippen LogP contribution in [-0.2, 0) is 0 Å². The normalized spacial score (nSPS) is 9.63. The molecule has 1 aromatic rings. The molecule has 0 saturated carbocycles. The lowest BCUT2D eigenvalue weighted by atomic mass is 10.1. The SMILES string of the molecule is C#Cc1ccc(C#C)c(OCCCCCCCC)c1. The molecule has 100 valence electrons. The first-order valence-electron chi connectivity index (χ1n) is 7.02. The third-order valence-corrected chi connectivity index (χ3v) is 3.06. The Morgan fingerprint density at radius 1 is 1.00 bits per heavy atom. The quantitative estimate of drug-likeness (QED) is 0.494. The van der Waals surface area contributed by atoms with Gasteiger partial charge in [-0.2, -0.15) is 0 Å². The summed E-state index contributed by atoms with van der Waals surface area (Å²) in [7, 11) is 0. The molecule has 0 aromatic heterocycles. The van der Waals surface area contributed by atoms with E-state index in [2.05, 4.69) is 18.8 Å². The molecule has 19 heavy (non-hydrogen) atoms. The van der Waals surface area contributed by atoms with Crippen molar-refractivity contribution in [1.82, 2.24) is 0 Å². The Balaban J connectivity index is 2.36. The first-order valence-corrected chi connectivity index (χ1v) is 7.02. The van der Waals surface area contributed by atoms with E-state index in [1.807, 2.05) is 18.2 Å². The fourth-order valence-electron chi connectivity index (χ4n) is 1.92. The van der Waals surface area contributed by atoms with Crippen molar-refractivity contribution in [3.63, 3.8) is 0 Å². The minimum atomic E-state index is 0.703. The first-order chi connectivity index (χ1) is 9.31. The van der Waals surface area contributed by atoms with Gasteiger partial charge in [-0.3, -0.25) is 0 Å². The third-order valence-electron chi connectivity index (χ3n) is 3.06. The van der Waals surface area contributed by atoms with E-state index >= 15 is 0 Å². The Hall–Kier alpha value is -1.86. The number of hydrogen-bond donors (Lipinski definition) is 0. The van der Waals surface area contributed by atoms with E-state index in [1.165, 1.54) is 32.1 Å². The smallest absolute Gasteiger partial charge is 0.136 e. The zero-order valence-electron chi connectivity index (χ0n) is 11.7. The molecule has 0 aliphatic carbocycles. The Morgan fingerprint density at radius 3 is 2.42 bits per heavy atom. The van der Waals surface area contributed by atoms with E-state index in [0.717, 1.165) is 23.3 Å². The number of rotatable bonds is 8. The van der Waals surface area contributed by atoms with Gasteiger partial charge in [-0.1, -0.05) is 50.9 Å². The Kier molecular flexibility index (Phi) is 7.30. The van der Waals surface area contributed by atoms with Gasteiger partial charge in [0.1, 0.15) is 5.75 Å². The second kappa shape index (κ2) is 9.12. The van der Waals surface area contributed by atoms with E-state index in [-0.39, 0.29) is 0 Å². The van der Waals surface area contributed by atoms with Crippen LogP contribution in [0.4, 0.5) is 0 Å². The van der Waals surface area contributed by atoms with Gasteiger partial charge in [-0.25, -0.2) is 0 Å². The highest BCUT2D eigenvalue weighted by molar-refractivity contribution is 5.50. The number of hydrogen-bond acceptors (Lipinski definition) is 1. The minimum Gasteiger partial charge on any atom is -0.492 e. The zero-order chi connectivity index (χ0) is 13.9. The van der Waals surface area contributed by atoms with Crippen LogP contribution in [-0.4, -0.2) is 6.61 Å². The summed E-state index contributed by atoms with van der Waals surface area (Å²) in [5, 5.41) is 0.